The highest BCUT2D eigenvalue weighted by molar-refractivity contribution is 5.81. The number of anilines is 1. The van der Waals surface area contributed by atoms with Crippen molar-refractivity contribution in [2.75, 3.05) is 18.5 Å². The number of fused-ring (bicyclic) bond motifs is 1. The topological polar surface area (TPSA) is 89.5 Å². The number of aliphatic hydroxyl groups is 1. The molecule has 0 unspecified atom stereocenters. The molecule has 1 aliphatic carbocycles. The lowest BCUT2D eigenvalue weighted by Gasteiger charge is -2.25. The fourth-order valence-electron chi connectivity index (χ4n) is 4.57. The van der Waals surface area contributed by atoms with Crippen LogP contribution in [-0.4, -0.2) is 61.3 Å². The third-order valence-electron chi connectivity index (χ3n) is 6.47. The van der Waals surface area contributed by atoms with Gasteiger partial charge in [0.05, 0.1) is 43.3 Å². The summed E-state index contributed by atoms with van der Waals surface area (Å²) >= 11 is 0. The summed E-state index contributed by atoms with van der Waals surface area (Å²) in [5.74, 6) is 0.586. The van der Waals surface area contributed by atoms with Gasteiger partial charge in [0.1, 0.15) is 0 Å². The van der Waals surface area contributed by atoms with Crippen LogP contribution in [0.25, 0.3) is 16.6 Å². The molecule has 2 aliphatic rings. The molecule has 172 valence electrons. The largest absolute Gasteiger partial charge is 0.393 e. The van der Waals surface area contributed by atoms with E-state index in [4.69, 9.17) is 4.74 Å². The third kappa shape index (κ3) is 4.21. The second-order valence-electron chi connectivity index (χ2n) is 8.94. The van der Waals surface area contributed by atoms with E-state index < -0.39 is 12.5 Å². The number of rotatable bonds is 7. The predicted octanol–water partition coefficient (Wildman–Crippen LogP) is 3.64. The zero-order chi connectivity index (χ0) is 22.2. The van der Waals surface area contributed by atoms with Crippen LogP contribution in [0, 0.1) is 0 Å². The van der Waals surface area contributed by atoms with Crippen molar-refractivity contribution in [2.45, 2.75) is 69.6 Å². The summed E-state index contributed by atoms with van der Waals surface area (Å²) in [5.41, 5.74) is 3.87. The maximum Gasteiger partial charge on any atom is 0.241 e. The molecule has 1 aliphatic heterocycles. The Morgan fingerprint density at radius 2 is 2.00 bits per heavy atom. The minimum Gasteiger partial charge on any atom is -0.393 e. The van der Waals surface area contributed by atoms with Crippen LogP contribution in [0.1, 0.15) is 56.7 Å². The van der Waals surface area contributed by atoms with Gasteiger partial charge in [-0.3, -0.25) is 4.68 Å². The lowest BCUT2D eigenvalue weighted by molar-refractivity contribution is -0.0286. The second-order valence-corrected chi connectivity index (χ2v) is 8.94. The van der Waals surface area contributed by atoms with Crippen LogP contribution in [0.3, 0.4) is 0 Å². The average Bonchev–Trinajstić information content (AvgIpc) is 3.31. The summed E-state index contributed by atoms with van der Waals surface area (Å²) in [4.78, 5) is 4.40. The Labute approximate surface area is 184 Å². The van der Waals surface area contributed by atoms with Gasteiger partial charge >= 0.3 is 0 Å². The van der Waals surface area contributed by atoms with Crippen molar-refractivity contribution >= 4 is 11.5 Å². The van der Waals surface area contributed by atoms with E-state index in [1.165, 1.54) is 0 Å². The quantitative estimate of drug-likeness (QED) is 0.576. The normalized spacial score (nSPS) is 22.9. The Hall–Kier alpha value is -2.59. The van der Waals surface area contributed by atoms with Crippen LogP contribution in [0.5, 0.6) is 0 Å². The van der Waals surface area contributed by atoms with Crippen LogP contribution in [0.15, 0.2) is 24.7 Å². The van der Waals surface area contributed by atoms with Gasteiger partial charge in [-0.05, 0) is 38.7 Å². The number of nitrogens with one attached hydrogen (secondary N) is 1. The Bertz CT molecular complexity index is 1070. The summed E-state index contributed by atoms with van der Waals surface area (Å²) in [6.07, 6.45) is 5.97. The molecule has 0 amide bonds. The van der Waals surface area contributed by atoms with Gasteiger partial charge in [0.25, 0.3) is 0 Å². The van der Waals surface area contributed by atoms with Crippen LogP contribution in [0.2, 0.25) is 0 Å². The molecular weight excluding hydrogens is 418 g/mol. The number of hydrogen-bond acceptors (Lipinski definition) is 6. The SMILES string of the molecule is C[C@@H](CC(F)F)Nc1ncc2c(-c3cnn(C4COC4)c3)cc([C@H]3CC[C@H](O)CC3)n2n1. The summed E-state index contributed by atoms with van der Waals surface area (Å²) in [6.45, 7) is 3.03. The van der Waals surface area contributed by atoms with Gasteiger partial charge in [-0.1, -0.05) is 0 Å². The zero-order valence-electron chi connectivity index (χ0n) is 18.0. The molecule has 2 fully saturated rings. The number of halogens is 2. The number of ether oxygens (including phenoxy) is 1. The summed E-state index contributed by atoms with van der Waals surface area (Å²) in [6, 6.07) is 1.95. The molecule has 4 heterocycles. The monoisotopic (exact) mass is 446 g/mol. The van der Waals surface area contributed by atoms with Crippen molar-refractivity contribution in [1.82, 2.24) is 24.4 Å². The maximum atomic E-state index is 12.7. The molecule has 0 spiro atoms. The van der Waals surface area contributed by atoms with Crippen molar-refractivity contribution in [2.24, 2.45) is 0 Å². The first-order chi connectivity index (χ1) is 15.5. The average molecular weight is 447 g/mol. The molecule has 0 bridgehead atoms. The standard InChI is InChI=1S/C22H28F2N6O2/c1-13(6-21(23)24)27-22-25-9-20-18(15-8-26-29(10-15)16-11-32-12-16)7-19(30(20)28-22)14-2-4-17(31)5-3-14/h7-10,13-14,16-17,21,31H,2-6,11-12H2,1H3,(H,27,28)/t13-,14-,17-/m0/s1. The number of aromatic nitrogens is 5. The molecule has 1 saturated carbocycles. The molecule has 0 aromatic carbocycles. The summed E-state index contributed by atoms with van der Waals surface area (Å²) in [7, 11) is 0. The Morgan fingerprint density at radius 3 is 2.69 bits per heavy atom. The summed E-state index contributed by atoms with van der Waals surface area (Å²) < 4.78 is 34.6. The van der Waals surface area contributed by atoms with Crippen LogP contribution >= 0.6 is 0 Å². The number of hydrogen-bond donors (Lipinski definition) is 2. The van der Waals surface area contributed by atoms with Crippen molar-refractivity contribution < 1.29 is 18.6 Å². The van der Waals surface area contributed by atoms with Gasteiger partial charge in [0, 0.05) is 41.4 Å². The van der Waals surface area contributed by atoms with E-state index in [0.717, 1.165) is 48.0 Å². The highest BCUT2D eigenvalue weighted by atomic mass is 19.3. The van der Waals surface area contributed by atoms with Gasteiger partial charge in [-0.2, -0.15) is 5.10 Å². The number of nitrogens with zero attached hydrogens (tertiary/aromatic N) is 5. The lowest BCUT2D eigenvalue weighted by Crippen LogP contribution is -2.30. The smallest absolute Gasteiger partial charge is 0.241 e. The van der Waals surface area contributed by atoms with Gasteiger partial charge in [0.2, 0.25) is 12.4 Å². The van der Waals surface area contributed by atoms with Gasteiger partial charge in [-0.25, -0.2) is 18.3 Å². The Balaban J connectivity index is 1.51. The molecule has 0 radical (unpaired) electrons. The molecule has 8 nitrogen and oxygen atoms in total. The van der Waals surface area contributed by atoms with Crippen molar-refractivity contribution in [1.29, 1.82) is 0 Å². The maximum absolute atomic E-state index is 12.7. The minimum atomic E-state index is -2.39. The predicted molar refractivity (Wildman–Crippen MR) is 115 cm³/mol. The van der Waals surface area contributed by atoms with Crippen LogP contribution < -0.4 is 5.32 Å². The molecule has 3 aromatic heterocycles. The second kappa shape index (κ2) is 8.74. The molecule has 3 aromatic rings. The van der Waals surface area contributed by atoms with Crippen LogP contribution in [-0.2, 0) is 4.74 Å². The summed E-state index contributed by atoms with van der Waals surface area (Å²) in [5, 5.41) is 22.1. The van der Waals surface area contributed by atoms with Gasteiger partial charge in [-0.15, -0.1) is 5.10 Å². The highest BCUT2D eigenvalue weighted by Crippen LogP contribution is 2.37. The molecule has 10 heteroatoms. The van der Waals surface area contributed by atoms with E-state index in [2.05, 4.69) is 26.6 Å². The molecule has 1 saturated heterocycles. The first-order valence-electron chi connectivity index (χ1n) is 11.2. The Morgan fingerprint density at radius 1 is 1.22 bits per heavy atom. The Kier molecular flexibility index (Phi) is 5.81. The third-order valence-corrected chi connectivity index (χ3v) is 6.47. The van der Waals surface area contributed by atoms with Gasteiger partial charge in [0.15, 0.2) is 0 Å². The fourth-order valence-corrected chi connectivity index (χ4v) is 4.57. The van der Waals surface area contributed by atoms with E-state index in [1.807, 2.05) is 21.6 Å². The van der Waals surface area contributed by atoms with Gasteiger partial charge < -0.3 is 15.2 Å². The molecule has 5 rings (SSSR count). The van der Waals surface area contributed by atoms with E-state index >= 15 is 0 Å². The van der Waals surface area contributed by atoms with Crippen molar-refractivity contribution in [3.05, 3.63) is 30.4 Å². The molecule has 1 atom stereocenters. The zero-order valence-corrected chi connectivity index (χ0v) is 18.0. The first kappa shape index (κ1) is 21.3. The first-order valence-corrected chi connectivity index (χ1v) is 11.2. The lowest BCUT2D eigenvalue weighted by atomic mass is 9.85. The van der Waals surface area contributed by atoms with E-state index in [0.29, 0.717) is 19.2 Å². The molecular formula is C22H28F2N6O2. The highest BCUT2D eigenvalue weighted by Gasteiger charge is 2.27. The van der Waals surface area contributed by atoms with E-state index in [9.17, 15) is 13.9 Å². The number of alkyl halides is 2. The fraction of sp³-hybridized carbons (Fsp3) is 0.591. The van der Waals surface area contributed by atoms with Crippen molar-refractivity contribution in [3.8, 4) is 11.1 Å². The van der Waals surface area contributed by atoms with E-state index in [-0.39, 0.29) is 24.5 Å². The van der Waals surface area contributed by atoms with Crippen LogP contribution in [0.4, 0.5) is 14.7 Å². The minimum absolute atomic E-state index is 0.248. The molecule has 2 N–H and O–H groups in total. The number of aliphatic hydroxyl groups excluding tert-OH is 1. The van der Waals surface area contributed by atoms with E-state index in [1.54, 1.807) is 13.1 Å². The van der Waals surface area contributed by atoms with Crippen molar-refractivity contribution in [3.63, 3.8) is 0 Å². The molecule has 32 heavy (non-hydrogen) atoms.